The molecule has 0 bridgehead atoms. The van der Waals surface area contributed by atoms with Crippen LogP contribution in [0.5, 0.6) is 0 Å². The van der Waals surface area contributed by atoms with Crippen LogP contribution in [-0.4, -0.2) is 33.7 Å². The van der Waals surface area contributed by atoms with Crippen LogP contribution in [0.1, 0.15) is 46.5 Å². The predicted molar refractivity (Wildman–Crippen MR) is 105 cm³/mol. The number of aromatic nitrogens is 2. The summed E-state index contributed by atoms with van der Waals surface area (Å²) in [5, 5.41) is 2.78. The second kappa shape index (κ2) is 8.88. The van der Waals surface area contributed by atoms with Gasteiger partial charge in [-0.3, -0.25) is 13.9 Å². The van der Waals surface area contributed by atoms with Crippen LogP contribution in [0, 0.1) is 0 Å². The molecule has 1 atom stereocenters. The highest BCUT2D eigenvalue weighted by Gasteiger charge is 2.34. The first-order chi connectivity index (χ1) is 12.9. The fourth-order valence-corrected chi connectivity index (χ4v) is 3.45. The molecule has 0 aliphatic carbocycles. The molecule has 7 heteroatoms. The van der Waals surface area contributed by atoms with Gasteiger partial charge < -0.3 is 10.1 Å². The number of nitrogens with one attached hydrogen (secondary N) is 1. The Morgan fingerprint density at radius 1 is 1.07 bits per heavy atom. The Morgan fingerprint density at radius 2 is 1.67 bits per heavy atom. The van der Waals surface area contributed by atoms with E-state index >= 15 is 0 Å². The normalized spacial score (nSPS) is 13.3. The van der Waals surface area contributed by atoms with Crippen molar-refractivity contribution in [3.8, 4) is 0 Å². The van der Waals surface area contributed by atoms with Crippen molar-refractivity contribution in [3.05, 3.63) is 34.7 Å². The van der Waals surface area contributed by atoms with Crippen LogP contribution in [0.15, 0.2) is 29.1 Å². The van der Waals surface area contributed by atoms with Crippen molar-refractivity contribution in [1.82, 2.24) is 14.5 Å². The van der Waals surface area contributed by atoms with Gasteiger partial charge in [-0.2, -0.15) is 0 Å². The van der Waals surface area contributed by atoms with Gasteiger partial charge >= 0.3 is 11.7 Å². The van der Waals surface area contributed by atoms with Crippen molar-refractivity contribution in [1.29, 1.82) is 0 Å². The van der Waals surface area contributed by atoms with E-state index in [1.54, 1.807) is 16.1 Å². The lowest BCUT2D eigenvalue weighted by molar-refractivity contribution is -0.150. The van der Waals surface area contributed by atoms with Crippen LogP contribution in [0.4, 0.5) is 0 Å². The van der Waals surface area contributed by atoms with E-state index in [-0.39, 0.29) is 24.6 Å². The summed E-state index contributed by atoms with van der Waals surface area (Å²) in [5.41, 5.74) is 0.514. The lowest BCUT2D eigenvalue weighted by atomic mass is 9.96. The van der Waals surface area contributed by atoms with Crippen molar-refractivity contribution in [2.75, 3.05) is 7.11 Å². The first-order valence-corrected chi connectivity index (χ1v) is 9.45. The minimum absolute atomic E-state index is 0.107. The lowest BCUT2D eigenvalue weighted by Gasteiger charge is -2.27. The third-order valence-corrected chi connectivity index (χ3v) is 4.74. The van der Waals surface area contributed by atoms with Crippen molar-refractivity contribution in [2.45, 2.75) is 65.1 Å². The Labute approximate surface area is 159 Å². The maximum absolute atomic E-state index is 12.8. The zero-order valence-corrected chi connectivity index (χ0v) is 16.6. The number of hydrogen-bond acceptors (Lipinski definition) is 4. The Bertz CT molecular complexity index is 868. The number of carbonyl (C=O) groups excluding carboxylic acids is 2. The van der Waals surface area contributed by atoms with Gasteiger partial charge in [0.1, 0.15) is 5.54 Å². The Kier molecular flexibility index (Phi) is 6.82. The summed E-state index contributed by atoms with van der Waals surface area (Å²) in [6.07, 6.45) is 2.18. The molecule has 148 valence electrons. The molecule has 2 rings (SSSR count). The van der Waals surface area contributed by atoms with Crippen molar-refractivity contribution >= 4 is 22.9 Å². The molecule has 1 unspecified atom stereocenters. The maximum atomic E-state index is 12.8. The summed E-state index contributed by atoms with van der Waals surface area (Å²) < 4.78 is 8.19. The Hall–Kier alpha value is -2.57. The molecule has 0 aliphatic rings. The van der Waals surface area contributed by atoms with Crippen LogP contribution >= 0.6 is 0 Å². The van der Waals surface area contributed by atoms with Gasteiger partial charge in [0.25, 0.3) is 0 Å². The molecule has 1 aromatic heterocycles. The third-order valence-electron chi connectivity index (χ3n) is 4.74. The monoisotopic (exact) mass is 375 g/mol. The number of esters is 1. The van der Waals surface area contributed by atoms with E-state index in [1.165, 1.54) is 7.11 Å². The van der Waals surface area contributed by atoms with E-state index in [1.807, 2.05) is 38.1 Å². The molecule has 7 nitrogen and oxygen atoms in total. The molecular weight excluding hydrogens is 346 g/mol. The number of amides is 1. The van der Waals surface area contributed by atoms with Gasteiger partial charge in [0, 0.05) is 19.5 Å². The summed E-state index contributed by atoms with van der Waals surface area (Å²) in [6, 6.07) is 7.58. The number of carbonyl (C=O) groups is 2. The number of para-hydroxylation sites is 2. The highest BCUT2D eigenvalue weighted by atomic mass is 16.5. The van der Waals surface area contributed by atoms with Crippen molar-refractivity contribution in [2.24, 2.45) is 0 Å². The largest absolute Gasteiger partial charge is 0.467 e. The zero-order chi connectivity index (χ0) is 20.0. The van der Waals surface area contributed by atoms with Crippen molar-refractivity contribution in [3.63, 3.8) is 0 Å². The summed E-state index contributed by atoms with van der Waals surface area (Å²) >= 11 is 0. The number of nitrogens with zero attached hydrogens (tertiary/aromatic N) is 2. The third kappa shape index (κ3) is 4.40. The SMILES string of the molecule is CCCn1c(=O)n(CCC(=O)NC(C)(CCC)C(=O)OC)c2ccccc21. The number of ether oxygens (including phenoxy) is 1. The number of aryl methyl sites for hydroxylation is 2. The second-order valence-electron chi connectivity index (χ2n) is 6.95. The molecule has 27 heavy (non-hydrogen) atoms. The standard InChI is InChI=1S/C20H29N3O4/c1-5-12-20(3,18(25)27-4)21-17(24)11-14-23-16-10-8-7-9-15(16)22(13-6-2)19(23)26/h7-10H,5-6,11-14H2,1-4H3,(H,21,24). The smallest absolute Gasteiger partial charge is 0.331 e. The van der Waals surface area contributed by atoms with Crippen LogP contribution in [0.2, 0.25) is 0 Å². The van der Waals surface area contributed by atoms with Gasteiger partial charge in [-0.25, -0.2) is 9.59 Å². The summed E-state index contributed by atoms with van der Waals surface area (Å²) in [6.45, 7) is 6.52. The highest BCUT2D eigenvalue weighted by molar-refractivity contribution is 5.87. The number of hydrogen-bond donors (Lipinski definition) is 1. The summed E-state index contributed by atoms with van der Waals surface area (Å²) in [7, 11) is 1.31. The molecule has 1 heterocycles. The van der Waals surface area contributed by atoms with Crippen LogP contribution in [-0.2, 0) is 27.4 Å². The van der Waals surface area contributed by atoms with Gasteiger partial charge in [0.2, 0.25) is 5.91 Å². The molecule has 2 aromatic rings. The fraction of sp³-hybridized carbons (Fsp3) is 0.550. The maximum Gasteiger partial charge on any atom is 0.331 e. The number of imidazole rings is 1. The molecule has 0 saturated carbocycles. The van der Waals surface area contributed by atoms with Crippen molar-refractivity contribution < 1.29 is 14.3 Å². The minimum Gasteiger partial charge on any atom is -0.467 e. The molecule has 1 aromatic carbocycles. The number of rotatable bonds is 9. The van der Waals surface area contributed by atoms with E-state index in [9.17, 15) is 14.4 Å². The molecule has 0 spiro atoms. The van der Waals surface area contributed by atoms with E-state index < -0.39 is 11.5 Å². The van der Waals surface area contributed by atoms with Gasteiger partial charge in [-0.05, 0) is 31.9 Å². The zero-order valence-electron chi connectivity index (χ0n) is 16.6. The number of benzene rings is 1. The summed E-state index contributed by atoms with van der Waals surface area (Å²) in [5.74, 6) is -0.745. The molecule has 1 N–H and O–H groups in total. The van der Waals surface area contributed by atoms with E-state index in [0.29, 0.717) is 13.0 Å². The van der Waals surface area contributed by atoms with Gasteiger partial charge in [0.15, 0.2) is 0 Å². The number of methoxy groups -OCH3 is 1. The van der Waals surface area contributed by atoms with Gasteiger partial charge in [-0.15, -0.1) is 0 Å². The molecule has 0 saturated heterocycles. The topological polar surface area (TPSA) is 82.3 Å². The molecule has 0 radical (unpaired) electrons. The molecular formula is C20H29N3O4. The Balaban J connectivity index is 2.19. The van der Waals surface area contributed by atoms with E-state index in [0.717, 1.165) is 23.9 Å². The van der Waals surface area contributed by atoms with Gasteiger partial charge in [0.05, 0.1) is 18.1 Å². The van der Waals surface area contributed by atoms with Crippen LogP contribution in [0.3, 0.4) is 0 Å². The van der Waals surface area contributed by atoms with E-state index in [4.69, 9.17) is 4.74 Å². The molecule has 1 amide bonds. The summed E-state index contributed by atoms with van der Waals surface area (Å²) in [4.78, 5) is 37.3. The first-order valence-electron chi connectivity index (χ1n) is 9.45. The number of fused-ring (bicyclic) bond motifs is 1. The minimum atomic E-state index is -1.05. The first kappa shape index (κ1) is 20.7. The fourth-order valence-electron chi connectivity index (χ4n) is 3.45. The van der Waals surface area contributed by atoms with Gasteiger partial charge in [-0.1, -0.05) is 32.4 Å². The average molecular weight is 375 g/mol. The Morgan fingerprint density at radius 3 is 2.19 bits per heavy atom. The second-order valence-corrected chi connectivity index (χ2v) is 6.95. The highest BCUT2D eigenvalue weighted by Crippen LogP contribution is 2.16. The average Bonchev–Trinajstić information content (AvgIpc) is 2.91. The van der Waals surface area contributed by atoms with E-state index in [2.05, 4.69) is 5.32 Å². The predicted octanol–water partition coefficient (Wildman–Crippen LogP) is 2.45. The quantitative estimate of drug-likeness (QED) is 0.683. The molecule has 0 fully saturated rings. The van der Waals surface area contributed by atoms with Crippen LogP contribution in [0.25, 0.3) is 11.0 Å². The lowest BCUT2D eigenvalue weighted by Crippen LogP contribution is -2.52. The molecule has 0 aliphatic heterocycles. The van der Waals surface area contributed by atoms with Crippen LogP contribution < -0.4 is 11.0 Å².